The minimum Gasteiger partial charge on any atom is -0.457 e. The number of nitriles is 1. The van der Waals surface area contributed by atoms with Crippen LogP contribution in [-0.2, 0) is 21.1 Å². The van der Waals surface area contributed by atoms with Crippen molar-refractivity contribution >= 4 is 28.2 Å². The summed E-state index contributed by atoms with van der Waals surface area (Å²) in [5, 5.41) is 11.1. The number of hydrogen-bond acceptors (Lipinski definition) is 7. The average Bonchev–Trinajstić information content (AvgIpc) is 3.04. The Morgan fingerprint density at radius 2 is 2.16 bits per heavy atom. The van der Waals surface area contributed by atoms with Gasteiger partial charge in [-0.3, -0.25) is 9.19 Å². The summed E-state index contributed by atoms with van der Waals surface area (Å²) in [4.78, 5) is 9.72. The van der Waals surface area contributed by atoms with Crippen molar-refractivity contribution in [3.05, 3.63) is 40.3 Å². The maximum absolute atomic E-state index is 11.6. The van der Waals surface area contributed by atoms with E-state index in [9.17, 15) is 4.21 Å². The molecule has 0 bridgehead atoms. The summed E-state index contributed by atoms with van der Waals surface area (Å²) in [6.45, 7) is 2.03. The molecule has 4 rings (SSSR count). The van der Waals surface area contributed by atoms with E-state index in [0.717, 1.165) is 16.0 Å². The molecule has 0 radical (unpaired) electrons. The molecule has 2 aliphatic heterocycles. The van der Waals surface area contributed by atoms with Gasteiger partial charge in [0.15, 0.2) is 0 Å². The van der Waals surface area contributed by atoms with E-state index in [4.69, 9.17) is 15.7 Å². The highest BCUT2D eigenvalue weighted by atomic mass is 32.2. The topological polar surface area (TPSA) is 101 Å². The summed E-state index contributed by atoms with van der Waals surface area (Å²) in [5.41, 5.74) is 7.38. The minimum atomic E-state index is -0.833. The number of rotatable bonds is 2. The van der Waals surface area contributed by atoms with Gasteiger partial charge in [-0.15, -0.1) is 11.3 Å². The van der Waals surface area contributed by atoms with Crippen LogP contribution in [0.4, 0.5) is 0 Å². The highest BCUT2D eigenvalue weighted by Gasteiger charge is 2.53. The van der Waals surface area contributed by atoms with E-state index in [1.807, 2.05) is 18.4 Å². The molecule has 8 heteroatoms. The van der Waals surface area contributed by atoms with Crippen molar-refractivity contribution in [2.75, 3.05) is 11.5 Å². The summed E-state index contributed by atoms with van der Waals surface area (Å²) in [6, 6.07) is 6.15. The van der Waals surface area contributed by atoms with Crippen molar-refractivity contribution in [3.8, 4) is 17.2 Å². The van der Waals surface area contributed by atoms with Gasteiger partial charge in [-0.25, -0.2) is 4.99 Å². The van der Waals surface area contributed by atoms with Crippen molar-refractivity contribution in [2.24, 2.45) is 10.7 Å². The number of amidine groups is 1. The number of aliphatic imine (C=N–C) groups is 1. The second-order valence-corrected chi connectivity index (χ2v) is 9.06. The number of nitrogens with two attached hydrogens (primary N) is 1. The van der Waals surface area contributed by atoms with Gasteiger partial charge >= 0.3 is 0 Å². The third-order valence-corrected chi connectivity index (χ3v) is 7.40. The number of hydrogen-bond donors (Lipinski definition) is 1. The fraction of sp³-hybridized carbons (Fsp3) is 0.353. The molecule has 2 N–H and O–H groups in total. The van der Waals surface area contributed by atoms with Crippen molar-refractivity contribution in [2.45, 2.75) is 24.5 Å². The SMILES string of the molecule is CC1(c2cc(-c3cncc(C#N)c3)cs2)CC2(CS(=O)C2)OC(N)=N1. The van der Waals surface area contributed by atoms with Gasteiger partial charge in [0.25, 0.3) is 6.02 Å². The molecule has 1 atom stereocenters. The van der Waals surface area contributed by atoms with Crippen molar-refractivity contribution in [1.29, 1.82) is 5.26 Å². The first-order valence-corrected chi connectivity index (χ1v) is 10.1. The first-order valence-electron chi connectivity index (χ1n) is 7.75. The van der Waals surface area contributed by atoms with E-state index in [0.29, 0.717) is 23.5 Å². The smallest absolute Gasteiger partial charge is 0.283 e. The first-order chi connectivity index (χ1) is 11.9. The van der Waals surface area contributed by atoms with E-state index in [1.54, 1.807) is 23.7 Å². The Morgan fingerprint density at radius 3 is 2.88 bits per heavy atom. The van der Waals surface area contributed by atoms with E-state index in [2.05, 4.69) is 22.1 Å². The van der Waals surface area contributed by atoms with Crippen LogP contribution in [0.15, 0.2) is 34.9 Å². The zero-order chi connectivity index (χ0) is 17.7. The lowest BCUT2D eigenvalue weighted by molar-refractivity contribution is 0.0355. The Labute approximate surface area is 151 Å². The fourth-order valence-corrected chi connectivity index (χ4v) is 5.90. The molecule has 4 heterocycles. The molecule has 6 nitrogen and oxygen atoms in total. The highest BCUT2D eigenvalue weighted by Crippen LogP contribution is 2.46. The fourth-order valence-electron chi connectivity index (χ4n) is 3.47. The van der Waals surface area contributed by atoms with Gasteiger partial charge in [0.05, 0.1) is 17.1 Å². The summed E-state index contributed by atoms with van der Waals surface area (Å²) in [6.07, 6.45) is 3.94. The predicted molar refractivity (Wildman–Crippen MR) is 97.5 cm³/mol. The summed E-state index contributed by atoms with van der Waals surface area (Å²) in [5.74, 6) is 1.01. The molecule has 0 aliphatic carbocycles. The molecule has 0 amide bonds. The van der Waals surface area contributed by atoms with Crippen LogP contribution in [0, 0.1) is 11.3 Å². The largest absolute Gasteiger partial charge is 0.457 e. The molecule has 128 valence electrons. The van der Waals surface area contributed by atoms with Crippen LogP contribution in [0.3, 0.4) is 0 Å². The lowest BCUT2D eigenvalue weighted by Crippen LogP contribution is -2.60. The minimum absolute atomic E-state index is 0.161. The maximum atomic E-state index is 11.6. The van der Waals surface area contributed by atoms with Crippen LogP contribution >= 0.6 is 11.3 Å². The number of pyridine rings is 1. The van der Waals surface area contributed by atoms with E-state index in [1.165, 1.54) is 0 Å². The molecule has 2 aliphatic rings. The standard InChI is InChI=1S/C17H16N4O2S2/c1-16(8-17(9-25(22)10-17)23-15(19)21-16)14-3-13(7-24-14)12-2-11(4-18)5-20-6-12/h2-3,5-7H,8-10H2,1H3,(H2,19,21). The van der Waals surface area contributed by atoms with Gasteiger partial charge in [-0.2, -0.15) is 5.26 Å². The molecule has 1 unspecified atom stereocenters. The molecule has 25 heavy (non-hydrogen) atoms. The van der Waals surface area contributed by atoms with Gasteiger partial charge in [-0.05, 0) is 30.0 Å². The second kappa shape index (κ2) is 5.64. The molecular formula is C17H16N4O2S2. The molecular weight excluding hydrogens is 356 g/mol. The van der Waals surface area contributed by atoms with Gasteiger partial charge in [0, 0.05) is 40.1 Å². The van der Waals surface area contributed by atoms with Crippen LogP contribution in [-0.4, -0.2) is 32.3 Å². The molecule has 0 saturated carbocycles. The Balaban J connectivity index is 1.68. The average molecular weight is 372 g/mol. The maximum Gasteiger partial charge on any atom is 0.283 e. The summed E-state index contributed by atoms with van der Waals surface area (Å²) >= 11 is 1.60. The van der Waals surface area contributed by atoms with Gasteiger partial charge < -0.3 is 10.5 Å². The summed E-state index contributed by atoms with van der Waals surface area (Å²) < 4.78 is 17.3. The zero-order valence-electron chi connectivity index (χ0n) is 13.6. The predicted octanol–water partition coefficient (Wildman–Crippen LogP) is 2.13. The van der Waals surface area contributed by atoms with E-state index >= 15 is 0 Å². The number of thiophene rings is 1. The molecule has 1 saturated heterocycles. The molecule has 2 aromatic heterocycles. The lowest BCUT2D eigenvalue weighted by atomic mass is 9.85. The monoisotopic (exact) mass is 372 g/mol. The Bertz CT molecular complexity index is 938. The van der Waals surface area contributed by atoms with E-state index < -0.39 is 21.9 Å². The van der Waals surface area contributed by atoms with Gasteiger partial charge in [0.2, 0.25) is 0 Å². The Morgan fingerprint density at radius 1 is 1.36 bits per heavy atom. The van der Waals surface area contributed by atoms with Crippen LogP contribution < -0.4 is 5.73 Å². The van der Waals surface area contributed by atoms with Gasteiger partial charge in [0.1, 0.15) is 17.2 Å². The van der Waals surface area contributed by atoms with Crippen LogP contribution in [0.25, 0.3) is 11.1 Å². The Hall–Kier alpha value is -2.24. The van der Waals surface area contributed by atoms with E-state index in [-0.39, 0.29) is 6.02 Å². The van der Waals surface area contributed by atoms with Crippen LogP contribution in [0.1, 0.15) is 23.8 Å². The van der Waals surface area contributed by atoms with Crippen molar-refractivity contribution in [1.82, 2.24) is 4.98 Å². The number of nitrogens with zero attached hydrogens (tertiary/aromatic N) is 3. The molecule has 0 aromatic carbocycles. The molecule has 1 fully saturated rings. The zero-order valence-corrected chi connectivity index (χ0v) is 15.2. The number of ether oxygens (including phenoxy) is 1. The van der Waals surface area contributed by atoms with Crippen LogP contribution in [0.2, 0.25) is 0 Å². The third kappa shape index (κ3) is 2.83. The first kappa shape index (κ1) is 16.2. The highest BCUT2D eigenvalue weighted by molar-refractivity contribution is 7.86. The quantitative estimate of drug-likeness (QED) is 0.870. The Kier molecular flexibility index (Phi) is 3.67. The van der Waals surface area contributed by atoms with Crippen LogP contribution in [0.5, 0.6) is 0 Å². The molecule has 1 spiro atoms. The lowest BCUT2D eigenvalue weighted by Gasteiger charge is -2.47. The normalized spacial score (nSPS) is 30.9. The molecule has 2 aromatic rings. The summed E-state index contributed by atoms with van der Waals surface area (Å²) in [7, 11) is -0.833. The van der Waals surface area contributed by atoms with Gasteiger partial charge in [-0.1, -0.05) is 0 Å². The second-order valence-electron chi connectivity index (χ2n) is 6.69. The van der Waals surface area contributed by atoms with Crippen molar-refractivity contribution in [3.63, 3.8) is 0 Å². The number of aromatic nitrogens is 1. The van der Waals surface area contributed by atoms with Crippen molar-refractivity contribution < 1.29 is 8.95 Å². The third-order valence-electron chi connectivity index (χ3n) is 4.52.